The SMILES string of the molecule is CCOc1ccc(S(=O)(=O)N(CC(=O)N[C@@H](C)c2ccc3c(c2)CCCC3)c2ccc(C)cc2)cc1. The quantitative estimate of drug-likeness (QED) is 0.425. The molecule has 1 amide bonds. The monoisotopic (exact) mass is 506 g/mol. The number of amides is 1. The number of benzene rings is 3. The van der Waals surface area contributed by atoms with Crippen molar-refractivity contribution in [2.75, 3.05) is 17.5 Å². The molecular formula is C29H34N2O4S. The summed E-state index contributed by atoms with van der Waals surface area (Å²) >= 11 is 0. The molecule has 0 heterocycles. The van der Waals surface area contributed by atoms with Gasteiger partial charge < -0.3 is 10.1 Å². The van der Waals surface area contributed by atoms with E-state index in [-0.39, 0.29) is 23.4 Å². The van der Waals surface area contributed by atoms with Crippen LogP contribution in [0.25, 0.3) is 0 Å². The Hall–Kier alpha value is -3.32. The van der Waals surface area contributed by atoms with Crippen molar-refractivity contribution < 1.29 is 17.9 Å². The fourth-order valence-corrected chi connectivity index (χ4v) is 5.97. The van der Waals surface area contributed by atoms with E-state index < -0.39 is 10.0 Å². The molecule has 0 fully saturated rings. The van der Waals surface area contributed by atoms with E-state index in [1.807, 2.05) is 32.9 Å². The number of hydrogen-bond donors (Lipinski definition) is 1. The Balaban J connectivity index is 1.56. The predicted molar refractivity (Wildman–Crippen MR) is 143 cm³/mol. The molecule has 1 aliphatic rings. The molecule has 3 aromatic carbocycles. The summed E-state index contributed by atoms with van der Waals surface area (Å²) in [7, 11) is -3.99. The molecule has 190 valence electrons. The fraction of sp³-hybridized carbons (Fsp3) is 0.345. The maximum absolute atomic E-state index is 13.6. The molecule has 6 nitrogen and oxygen atoms in total. The summed E-state index contributed by atoms with van der Waals surface area (Å²) in [5.74, 6) is 0.227. The summed E-state index contributed by atoms with van der Waals surface area (Å²) in [5.41, 5.74) is 5.20. The Morgan fingerprint density at radius 2 is 1.64 bits per heavy atom. The van der Waals surface area contributed by atoms with Crippen LogP contribution in [0.1, 0.15) is 55.0 Å². The smallest absolute Gasteiger partial charge is 0.264 e. The molecule has 36 heavy (non-hydrogen) atoms. The van der Waals surface area contributed by atoms with E-state index in [1.54, 1.807) is 24.3 Å². The summed E-state index contributed by atoms with van der Waals surface area (Å²) in [6.45, 7) is 5.90. The highest BCUT2D eigenvalue weighted by molar-refractivity contribution is 7.92. The van der Waals surface area contributed by atoms with Crippen LogP contribution >= 0.6 is 0 Å². The van der Waals surface area contributed by atoms with Gasteiger partial charge >= 0.3 is 0 Å². The molecule has 0 radical (unpaired) electrons. The average Bonchev–Trinajstić information content (AvgIpc) is 2.88. The molecule has 1 aliphatic carbocycles. The molecule has 0 saturated heterocycles. The Morgan fingerprint density at radius 1 is 0.972 bits per heavy atom. The first-order valence-electron chi connectivity index (χ1n) is 12.5. The van der Waals surface area contributed by atoms with E-state index in [0.717, 1.165) is 28.3 Å². The summed E-state index contributed by atoms with van der Waals surface area (Å²) in [6, 6.07) is 19.5. The van der Waals surface area contributed by atoms with Crippen LogP contribution in [0.5, 0.6) is 5.75 Å². The van der Waals surface area contributed by atoms with Crippen LogP contribution in [-0.4, -0.2) is 27.5 Å². The van der Waals surface area contributed by atoms with Crippen molar-refractivity contribution in [2.24, 2.45) is 0 Å². The van der Waals surface area contributed by atoms with Crippen LogP contribution in [0.4, 0.5) is 5.69 Å². The van der Waals surface area contributed by atoms with Gasteiger partial charge in [0.25, 0.3) is 10.0 Å². The summed E-state index contributed by atoms with van der Waals surface area (Å²) in [5, 5.41) is 3.00. The predicted octanol–water partition coefficient (Wildman–Crippen LogP) is 5.35. The third-order valence-corrected chi connectivity index (χ3v) is 8.37. The van der Waals surface area contributed by atoms with Crippen LogP contribution < -0.4 is 14.4 Å². The lowest BCUT2D eigenvalue weighted by Gasteiger charge is -2.26. The van der Waals surface area contributed by atoms with Crippen molar-refractivity contribution in [3.63, 3.8) is 0 Å². The van der Waals surface area contributed by atoms with Gasteiger partial charge in [-0.3, -0.25) is 9.10 Å². The van der Waals surface area contributed by atoms with Gasteiger partial charge in [0.15, 0.2) is 0 Å². The maximum Gasteiger partial charge on any atom is 0.264 e. The third kappa shape index (κ3) is 5.90. The molecule has 7 heteroatoms. The van der Waals surface area contributed by atoms with Gasteiger partial charge in [0.2, 0.25) is 5.91 Å². The number of sulfonamides is 1. The van der Waals surface area contributed by atoms with Crippen LogP contribution in [0.3, 0.4) is 0 Å². The van der Waals surface area contributed by atoms with Crippen molar-refractivity contribution in [1.29, 1.82) is 0 Å². The molecule has 0 bridgehead atoms. The summed E-state index contributed by atoms with van der Waals surface area (Å²) in [6.07, 6.45) is 4.57. The van der Waals surface area contributed by atoms with Gasteiger partial charge in [-0.15, -0.1) is 0 Å². The molecule has 3 aromatic rings. The molecule has 0 aliphatic heterocycles. The maximum atomic E-state index is 13.6. The second-order valence-electron chi connectivity index (χ2n) is 9.28. The minimum atomic E-state index is -3.99. The van der Waals surface area contributed by atoms with E-state index in [9.17, 15) is 13.2 Å². The number of hydrogen-bond acceptors (Lipinski definition) is 4. The Labute approximate surface area is 214 Å². The second-order valence-corrected chi connectivity index (χ2v) is 11.1. The van der Waals surface area contributed by atoms with Gasteiger partial charge in [0.05, 0.1) is 23.2 Å². The first-order chi connectivity index (χ1) is 17.3. The van der Waals surface area contributed by atoms with E-state index in [4.69, 9.17) is 4.74 Å². The first kappa shape index (κ1) is 25.8. The molecule has 4 rings (SSSR count). The Kier molecular flexibility index (Phi) is 7.99. The Bertz CT molecular complexity index is 1300. The summed E-state index contributed by atoms with van der Waals surface area (Å²) in [4.78, 5) is 13.2. The lowest BCUT2D eigenvalue weighted by molar-refractivity contribution is -0.120. The normalized spacial score (nSPS) is 14.0. The van der Waals surface area contributed by atoms with Crippen LogP contribution in [-0.2, 0) is 27.7 Å². The number of anilines is 1. The van der Waals surface area contributed by atoms with E-state index in [2.05, 4.69) is 23.5 Å². The van der Waals surface area contributed by atoms with Crippen molar-refractivity contribution >= 4 is 21.6 Å². The molecule has 0 saturated carbocycles. The highest BCUT2D eigenvalue weighted by Gasteiger charge is 2.28. The molecule has 1 N–H and O–H groups in total. The van der Waals surface area contributed by atoms with E-state index in [1.165, 1.54) is 36.1 Å². The number of rotatable bonds is 9. The van der Waals surface area contributed by atoms with Crippen molar-refractivity contribution in [1.82, 2.24) is 5.32 Å². The Morgan fingerprint density at radius 3 is 2.31 bits per heavy atom. The van der Waals surface area contributed by atoms with Crippen LogP contribution in [0.2, 0.25) is 0 Å². The van der Waals surface area contributed by atoms with Crippen LogP contribution in [0.15, 0.2) is 71.6 Å². The molecule has 0 spiro atoms. The molecule has 0 aromatic heterocycles. The highest BCUT2D eigenvalue weighted by atomic mass is 32.2. The number of fused-ring (bicyclic) bond motifs is 1. The number of carbonyl (C=O) groups is 1. The number of ether oxygens (including phenoxy) is 1. The van der Waals surface area contributed by atoms with Crippen molar-refractivity contribution in [3.8, 4) is 5.75 Å². The zero-order chi connectivity index (χ0) is 25.7. The topological polar surface area (TPSA) is 75.7 Å². The number of nitrogens with one attached hydrogen (secondary N) is 1. The van der Waals surface area contributed by atoms with E-state index >= 15 is 0 Å². The minimum absolute atomic E-state index is 0.0991. The standard InChI is InChI=1S/C29H34N2O4S/c1-4-35-27-15-17-28(18-16-27)36(33,34)31(26-13-9-21(2)10-14-26)20-29(32)30-22(3)24-12-11-23-7-5-6-8-25(23)19-24/h9-19,22H,4-8,20H2,1-3H3,(H,30,32)/t22-/m0/s1. The molecular weight excluding hydrogens is 472 g/mol. The van der Waals surface area contributed by atoms with Crippen molar-refractivity contribution in [2.45, 2.75) is 57.4 Å². The minimum Gasteiger partial charge on any atom is -0.494 e. The molecule has 1 atom stereocenters. The lowest BCUT2D eigenvalue weighted by atomic mass is 9.89. The van der Waals surface area contributed by atoms with Crippen molar-refractivity contribution in [3.05, 3.63) is 89.0 Å². The van der Waals surface area contributed by atoms with Crippen LogP contribution in [0, 0.1) is 6.92 Å². The van der Waals surface area contributed by atoms with E-state index in [0.29, 0.717) is 18.0 Å². The zero-order valence-electron chi connectivity index (χ0n) is 21.2. The van der Waals surface area contributed by atoms with Gasteiger partial charge in [-0.25, -0.2) is 8.42 Å². The number of carbonyl (C=O) groups excluding carboxylic acids is 1. The number of nitrogens with zero attached hydrogens (tertiary/aromatic N) is 1. The second kappa shape index (κ2) is 11.2. The highest BCUT2D eigenvalue weighted by Crippen LogP contribution is 2.27. The first-order valence-corrected chi connectivity index (χ1v) is 14.0. The largest absolute Gasteiger partial charge is 0.494 e. The van der Waals surface area contributed by atoms with Gasteiger partial charge in [-0.1, -0.05) is 35.9 Å². The fourth-order valence-electron chi connectivity index (χ4n) is 4.55. The molecule has 0 unspecified atom stereocenters. The average molecular weight is 507 g/mol. The zero-order valence-corrected chi connectivity index (χ0v) is 22.0. The van der Waals surface area contributed by atoms with Gasteiger partial charge in [-0.05, 0) is 99.5 Å². The van der Waals surface area contributed by atoms with Gasteiger partial charge in [0, 0.05) is 0 Å². The lowest BCUT2D eigenvalue weighted by Crippen LogP contribution is -2.41. The number of aryl methyl sites for hydroxylation is 3. The van der Waals surface area contributed by atoms with Gasteiger partial charge in [-0.2, -0.15) is 0 Å². The summed E-state index contributed by atoms with van der Waals surface area (Å²) < 4.78 is 33.9. The third-order valence-electron chi connectivity index (χ3n) is 6.58. The van der Waals surface area contributed by atoms with Gasteiger partial charge in [0.1, 0.15) is 12.3 Å².